The highest BCUT2D eigenvalue weighted by molar-refractivity contribution is 7.11. The fourth-order valence-electron chi connectivity index (χ4n) is 2.21. The Hall–Kier alpha value is -2.67. The van der Waals surface area contributed by atoms with E-state index in [2.05, 4.69) is 9.97 Å². The number of thiazole rings is 2. The van der Waals surface area contributed by atoms with Crippen LogP contribution >= 0.6 is 22.7 Å². The minimum absolute atomic E-state index is 0.0253. The number of aldehydes is 1. The molecular formula is C20H16N2O2S2. The molecule has 0 saturated carbocycles. The topological polar surface area (TPSA) is 63.1 Å². The lowest BCUT2D eigenvalue weighted by Gasteiger charge is -1.93. The molecule has 4 rings (SSSR count). The van der Waals surface area contributed by atoms with Crippen LogP contribution in [0, 0.1) is 0 Å². The molecule has 0 saturated heterocycles. The quantitative estimate of drug-likeness (QED) is 0.510. The SMILES string of the molecule is O=Cc1nc(-c2ccccc2)cs1.OCc1nc(-c2ccccc2)cs1. The molecule has 0 spiro atoms. The van der Waals surface area contributed by atoms with Crippen molar-refractivity contribution in [2.45, 2.75) is 6.61 Å². The number of aliphatic hydroxyl groups is 1. The van der Waals surface area contributed by atoms with Crippen LogP contribution in [0.1, 0.15) is 14.8 Å². The first kappa shape index (κ1) is 18.1. The number of benzene rings is 2. The van der Waals surface area contributed by atoms with Gasteiger partial charge in [-0.15, -0.1) is 22.7 Å². The van der Waals surface area contributed by atoms with Crippen molar-refractivity contribution >= 4 is 29.0 Å². The van der Waals surface area contributed by atoms with Gasteiger partial charge in [-0.3, -0.25) is 4.79 Å². The van der Waals surface area contributed by atoms with Crippen molar-refractivity contribution in [3.8, 4) is 22.5 Å². The third-order valence-electron chi connectivity index (χ3n) is 3.45. The molecule has 0 aliphatic rings. The Balaban J connectivity index is 0.000000151. The molecular weight excluding hydrogens is 364 g/mol. The summed E-state index contributed by atoms with van der Waals surface area (Å²) >= 11 is 2.85. The van der Waals surface area contributed by atoms with Crippen LogP contribution in [0.25, 0.3) is 22.5 Å². The van der Waals surface area contributed by atoms with Gasteiger partial charge in [0.25, 0.3) is 0 Å². The van der Waals surface area contributed by atoms with Crippen LogP contribution in [0.15, 0.2) is 71.4 Å². The lowest BCUT2D eigenvalue weighted by atomic mass is 10.2. The van der Waals surface area contributed by atoms with Crippen LogP contribution < -0.4 is 0 Å². The molecule has 130 valence electrons. The fraction of sp³-hybridized carbons (Fsp3) is 0.0500. The lowest BCUT2D eigenvalue weighted by molar-refractivity contribution is 0.112. The minimum Gasteiger partial charge on any atom is -0.389 e. The van der Waals surface area contributed by atoms with Gasteiger partial charge in [0.15, 0.2) is 11.3 Å². The van der Waals surface area contributed by atoms with Crippen molar-refractivity contribution < 1.29 is 9.90 Å². The number of rotatable bonds is 4. The molecule has 0 aliphatic carbocycles. The summed E-state index contributed by atoms with van der Waals surface area (Å²) in [6.45, 7) is 0.0253. The summed E-state index contributed by atoms with van der Waals surface area (Å²) in [6.07, 6.45) is 0.775. The summed E-state index contributed by atoms with van der Waals surface area (Å²) in [4.78, 5) is 18.8. The van der Waals surface area contributed by atoms with Crippen LogP contribution in [-0.2, 0) is 6.61 Å². The minimum atomic E-state index is 0.0253. The van der Waals surface area contributed by atoms with E-state index in [-0.39, 0.29) is 6.61 Å². The summed E-state index contributed by atoms with van der Waals surface area (Å²) in [6, 6.07) is 19.8. The summed E-state index contributed by atoms with van der Waals surface area (Å²) < 4.78 is 0. The second kappa shape index (κ2) is 9.15. The van der Waals surface area contributed by atoms with Gasteiger partial charge < -0.3 is 5.11 Å². The van der Waals surface area contributed by atoms with Crippen molar-refractivity contribution in [3.63, 3.8) is 0 Å². The number of aromatic nitrogens is 2. The van der Waals surface area contributed by atoms with Gasteiger partial charge >= 0.3 is 0 Å². The second-order valence-electron chi connectivity index (χ2n) is 5.21. The van der Waals surface area contributed by atoms with Gasteiger partial charge in [0, 0.05) is 21.9 Å². The zero-order chi connectivity index (χ0) is 18.2. The molecule has 0 amide bonds. The van der Waals surface area contributed by atoms with Crippen molar-refractivity contribution in [2.75, 3.05) is 0 Å². The number of nitrogens with zero attached hydrogens (tertiary/aromatic N) is 2. The first-order valence-corrected chi connectivity index (χ1v) is 9.63. The molecule has 2 aromatic heterocycles. The molecule has 0 bridgehead atoms. The highest BCUT2D eigenvalue weighted by Crippen LogP contribution is 2.21. The zero-order valence-corrected chi connectivity index (χ0v) is 15.4. The smallest absolute Gasteiger partial charge is 0.178 e. The van der Waals surface area contributed by atoms with Gasteiger partial charge in [-0.05, 0) is 0 Å². The normalized spacial score (nSPS) is 10.0. The van der Waals surface area contributed by atoms with Crippen LogP contribution in [0.2, 0.25) is 0 Å². The van der Waals surface area contributed by atoms with Crippen molar-refractivity contribution in [1.29, 1.82) is 0 Å². The molecule has 0 unspecified atom stereocenters. The van der Waals surface area contributed by atoms with Crippen LogP contribution in [0.5, 0.6) is 0 Å². The molecule has 0 atom stereocenters. The van der Waals surface area contributed by atoms with Crippen LogP contribution in [0.4, 0.5) is 0 Å². The first-order chi connectivity index (χ1) is 12.8. The van der Waals surface area contributed by atoms with E-state index in [0.29, 0.717) is 5.01 Å². The van der Waals surface area contributed by atoms with E-state index < -0.39 is 0 Å². The Morgan fingerprint density at radius 1 is 0.808 bits per heavy atom. The van der Waals surface area contributed by atoms with E-state index in [1.165, 1.54) is 22.7 Å². The van der Waals surface area contributed by atoms with Crippen LogP contribution in [0.3, 0.4) is 0 Å². The van der Waals surface area contributed by atoms with Crippen molar-refractivity contribution in [2.24, 2.45) is 0 Å². The monoisotopic (exact) mass is 380 g/mol. The maximum atomic E-state index is 10.4. The predicted octanol–water partition coefficient (Wildman–Crippen LogP) is 4.93. The molecule has 0 aliphatic heterocycles. The predicted molar refractivity (Wildman–Crippen MR) is 106 cm³/mol. The highest BCUT2D eigenvalue weighted by atomic mass is 32.1. The third-order valence-corrected chi connectivity index (χ3v) is 5.05. The molecule has 0 radical (unpaired) electrons. The Labute approximate surface area is 159 Å². The fourth-order valence-corrected chi connectivity index (χ4v) is 3.50. The van der Waals surface area contributed by atoms with Crippen molar-refractivity contribution in [1.82, 2.24) is 9.97 Å². The molecule has 1 N–H and O–H groups in total. The van der Waals surface area contributed by atoms with E-state index in [1.807, 2.05) is 71.4 Å². The van der Waals surface area contributed by atoms with Gasteiger partial charge in [-0.1, -0.05) is 60.7 Å². The molecule has 0 fully saturated rings. The van der Waals surface area contributed by atoms with Crippen LogP contribution in [-0.4, -0.2) is 21.4 Å². The third kappa shape index (κ3) is 4.70. The standard InChI is InChI=1S/C10H9NOS.C10H7NOS/c2*12-6-10-11-9(7-13-10)8-4-2-1-3-5-8/h1-5,7,12H,6H2;1-7H. The van der Waals surface area contributed by atoms with E-state index in [9.17, 15) is 4.79 Å². The summed E-state index contributed by atoms with van der Waals surface area (Å²) in [5, 5.41) is 14.0. The molecule has 2 heterocycles. The molecule has 26 heavy (non-hydrogen) atoms. The van der Waals surface area contributed by atoms with Gasteiger partial charge in [0.1, 0.15) is 5.01 Å². The molecule has 6 heteroatoms. The first-order valence-electron chi connectivity index (χ1n) is 7.87. The van der Waals surface area contributed by atoms with E-state index in [4.69, 9.17) is 5.11 Å². The number of aliphatic hydroxyl groups excluding tert-OH is 1. The Kier molecular flexibility index (Phi) is 6.38. The van der Waals surface area contributed by atoms with E-state index in [0.717, 1.165) is 33.8 Å². The number of carbonyl (C=O) groups is 1. The highest BCUT2D eigenvalue weighted by Gasteiger charge is 2.02. The van der Waals surface area contributed by atoms with Gasteiger partial charge in [-0.25, -0.2) is 9.97 Å². The largest absolute Gasteiger partial charge is 0.389 e. The lowest BCUT2D eigenvalue weighted by Crippen LogP contribution is -1.81. The number of carbonyl (C=O) groups excluding carboxylic acids is 1. The van der Waals surface area contributed by atoms with E-state index >= 15 is 0 Å². The van der Waals surface area contributed by atoms with Crippen molar-refractivity contribution in [3.05, 3.63) is 81.4 Å². The average molecular weight is 380 g/mol. The maximum Gasteiger partial charge on any atom is 0.178 e. The second-order valence-corrected chi connectivity index (χ2v) is 7.04. The maximum absolute atomic E-state index is 10.4. The molecule has 4 aromatic rings. The van der Waals surface area contributed by atoms with E-state index in [1.54, 1.807) is 0 Å². The molecule has 2 aromatic carbocycles. The number of hydrogen-bond acceptors (Lipinski definition) is 6. The summed E-state index contributed by atoms with van der Waals surface area (Å²) in [5.74, 6) is 0. The average Bonchev–Trinajstić information content (AvgIpc) is 3.39. The van der Waals surface area contributed by atoms with Gasteiger partial charge in [0.2, 0.25) is 0 Å². The summed E-state index contributed by atoms with van der Waals surface area (Å²) in [7, 11) is 0. The Bertz CT molecular complexity index is 950. The molecule has 4 nitrogen and oxygen atoms in total. The summed E-state index contributed by atoms with van der Waals surface area (Å²) in [5.41, 5.74) is 3.95. The van der Waals surface area contributed by atoms with Gasteiger partial charge in [-0.2, -0.15) is 0 Å². The zero-order valence-electron chi connectivity index (χ0n) is 13.8. The Morgan fingerprint density at radius 2 is 1.35 bits per heavy atom. The van der Waals surface area contributed by atoms with Gasteiger partial charge in [0.05, 0.1) is 18.0 Å². The Morgan fingerprint density at radius 3 is 1.81 bits per heavy atom. The number of hydrogen-bond donors (Lipinski definition) is 1.